The van der Waals surface area contributed by atoms with E-state index in [1.165, 1.54) is 33.4 Å². The summed E-state index contributed by atoms with van der Waals surface area (Å²) in [5.41, 5.74) is 10.5. The van der Waals surface area contributed by atoms with E-state index in [9.17, 15) is 9.59 Å². The summed E-state index contributed by atoms with van der Waals surface area (Å²) in [5, 5.41) is 11.8. The average Bonchev–Trinajstić information content (AvgIpc) is 0.672. The topological polar surface area (TPSA) is 83.5 Å². The molecule has 0 aliphatic carbocycles. The van der Waals surface area contributed by atoms with Gasteiger partial charge in [0.1, 0.15) is 46.0 Å². The Morgan fingerprint density at radius 2 is 0.452 bits per heavy atom. The van der Waals surface area contributed by atoms with Gasteiger partial charge in [0.05, 0.1) is 16.8 Å². The smallest absolute Gasteiger partial charge is 0.346 e. The van der Waals surface area contributed by atoms with E-state index in [1.54, 1.807) is 12.1 Å². The molecule has 0 radical (unpaired) electrons. The molecule has 0 bridgehead atoms. The van der Waals surface area contributed by atoms with Crippen molar-refractivity contribution in [2.75, 3.05) is 4.90 Å². The lowest BCUT2D eigenvalue weighted by atomic mass is 9.72. The minimum Gasteiger partial charge on any atom is -0.457 e. The van der Waals surface area contributed by atoms with Crippen LogP contribution >= 0.6 is 0 Å². The minimum atomic E-state index is -0.749. The monoisotopic (exact) mass is 1650 g/mol. The van der Waals surface area contributed by atoms with Crippen LogP contribution in [-0.4, -0.2) is 11.9 Å². The van der Waals surface area contributed by atoms with Gasteiger partial charge in [-0.25, -0.2) is 9.59 Å². The van der Waals surface area contributed by atoms with E-state index in [1.807, 2.05) is 24.3 Å². The number of rotatable bonds is 23. The van der Waals surface area contributed by atoms with Gasteiger partial charge in [-0.1, -0.05) is 305 Å². The Labute approximate surface area is 739 Å². The summed E-state index contributed by atoms with van der Waals surface area (Å²) in [5.74, 6) is 3.23. The van der Waals surface area contributed by atoms with E-state index in [0.717, 1.165) is 109 Å². The van der Waals surface area contributed by atoms with E-state index < -0.39 is 11.9 Å². The fourth-order valence-corrected chi connectivity index (χ4v) is 23.0. The standard InChI is InChI=1S/C116H135NO7/c1-105(2,3)64-111(19,20)70-31-43-76(44-32-70)117(77-45-33-71(34-46-77)112(21,22)65-106(4,5)6)89-63-93(123-81-53-41-75(42-54-81)116(29,30)69-110(16,17)18)98-84-56-58-86-95-85(57-55-83(94(84)95)97-90(60-59-82(89)101(97)98)120-78-47-35-72(36-48-78)113(23,24)66-107(7,8)9)99-91(121-79-49-37-73(38-50-79)114(25,26)67-108(10,11)12)61-87-96-88(104(119)124-103(87)118)62-92(100(86)102(96)99)122-80-51-39-74(40-52-80)115(27,28)68-109(13,14)15/h31-63H,64-69H2,1-30H3. The van der Waals surface area contributed by atoms with Crippen LogP contribution in [0.15, 0.2) is 200 Å². The zero-order valence-electron chi connectivity index (χ0n) is 80.1. The van der Waals surface area contributed by atoms with E-state index in [2.05, 4.69) is 376 Å². The van der Waals surface area contributed by atoms with Crippen molar-refractivity contribution in [3.63, 3.8) is 0 Å². The van der Waals surface area contributed by atoms with Gasteiger partial charge < -0.3 is 28.6 Å². The largest absolute Gasteiger partial charge is 0.457 e. The second kappa shape index (κ2) is 30.7. The third kappa shape index (κ3) is 17.8. The maximum Gasteiger partial charge on any atom is 0.346 e. The highest BCUT2D eigenvalue weighted by atomic mass is 16.6. The summed E-state index contributed by atoms with van der Waals surface area (Å²) in [6.45, 7) is 69.7. The molecule has 1 aliphatic heterocycles. The number of hydrogen-bond acceptors (Lipinski definition) is 8. The molecular formula is C116H135NO7. The Balaban J connectivity index is 1.08. The average molecular weight is 1660 g/mol. The molecule has 0 atom stereocenters. The molecule has 0 aromatic heterocycles. The molecule has 646 valence electrons. The number of cyclic esters (lactones) is 2. The molecule has 1 aliphatic rings. The SMILES string of the molecule is CC(C)(C)CC(C)(C)c1ccc(Oc2ccc3c(N(c4ccc(C(C)(C)CC(C)(C)C)cc4)c4ccc(C(C)(C)CC(C)(C)C)cc4)cc(Oc4ccc(C(C)(C)CC(C)(C)C)cc4)c4c5ccc6c7c(Oc8ccc(C(C)(C)CC(C)(C)C)cc8)cc8c9c(cc(Oc%10ccc(C(C)(C)CC(C)(C)C)cc%10)c(c%10ccc(c2c34)c5c%106)c97)C(=O)OC8=O)cc1. The van der Waals surface area contributed by atoms with Gasteiger partial charge in [-0.15, -0.1) is 0 Å². The third-order valence-electron chi connectivity index (χ3n) is 25.7. The summed E-state index contributed by atoms with van der Waals surface area (Å²) in [6.07, 6.45) is 5.91. The van der Waals surface area contributed by atoms with Crippen molar-refractivity contribution < 1.29 is 33.3 Å². The van der Waals surface area contributed by atoms with Gasteiger partial charge in [-0.05, 0) is 266 Å². The molecule has 0 fully saturated rings. The van der Waals surface area contributed by atoms with Crippen LogP contribution in [0.25, 0.3) is 75.4 Å². The number of fused-ring (bicyclic) bond motifs is 4. The fourth-order valence-electron chi connectivity index (χ4n) is 23.0. The first-order valence-corrected chi connectivity index (χ1v) is 45.3. The van der Waals surface area contributed by atoms with Crippen LogP contribution in [0.5, 0.6) is 46.0 Å². The number of carbonyl (C=O) groups is 2. The molecule has 0 spiro atoms. The Hall–Kier alpha value is -10.4. The predicted octanol–water partition coefficient (Wildman–Crippen LogP) is 34.9. The molecule has 0 amide bonds. The summed E-state index contributed by atoms with van der Waals surface area (Å²) in [7, 11) is 0. The van der Waals surface area contributed by atoms with Crippen molar-refractivity contribution in [1.29, 1.82) is 0 Å². The summed E-state index contributed by atoms with van der Waals surface area (Å²) in [6, 6.07) is 72.4. The molecule has 124 heavy (non-hydrogen) atoms. The maximum absolute atomic E-state index is 14.8. The third-order valence-corrected chi connectivity index (χ3v) is 25.7. The normalized spacial score (nSPS) is 14.0. The summed E-state index contributed by atoms with van der Waals surface area (Å²) >= 11 is 0. The first kappa shape index (κ1) is 88.4. The molecule has 14 aromatic rings. The summed E-state index contributed by atoms with van der Waals surface area (Å²) < 4.78 is 36.2. The van der Waals surface area contributed by atoms with Crippen molar-refractivity contribution in [3.05, 3.63) is 245 Å². The Bertz CT molecular complexity index is 6140. The van der Waals surface area contributed by atoms with Crippen molar-refractivity contribution in [1.82, 2.24) is 0 Å². The first-order valence-electron chi connectivity index (χ1n) is 45.3. The Morgan fingerprint density at radius 1 is 0.226 bits per heavy atom. The van der Waals surface area contributed by atoms with E-state index >= 15 is 0 Å². The summed E-state index contributed by atoms with van der Waals surface area (Å²) in [4.78, 5) is 32.1. The van der Waals surface area contributed by atoms with Gasteiger partial charge in [0.25, 0.3) is 0 Å². The van der Waals surface area contributed by atoms with Gasteiger partial charge in [0.15, 0.2) is 0 Å². The lowest BCUT2D eigenvalue weighted by Gasteiger charge is -2.34. The van der Waals surface area contributed by atoms with Crippen molar-refractivity contribution in [2.45, 2.75) is 279 Å². The van der Waals surface area contributed by atoms with Gasteiger partial charge >= 0.3 is 11.9 Å². The van der Waals surface area contributed by atoms with Gasteiger partial charge in [-0.3, -0.25) is 0 Å². The molecule has 0 saturated carbocycles. The molecule has 0 saturated heterocycles. The van der Waals surface area contributed by atoms with Crippen molar-refractivity contribution >= 4 is 104 Å². The minimum absolute atomic E-state index is 0.0777. The molecule has 14 aromatic carbocycles. The van der Waals surface area contributed by atoms with Gasteiger partial charge in [0, 0.05) is 60.5 Å². The number of benzene rings is 14. The van der Waals surface area contributed by atoms with Crippen molar-refractivity contribution in [2.24, 2.45) is 32.5 Å². The van der Waals surface area contributed by atoms with Crippen LogP contribution in [0, 0.1) is 32.5 Å². The first-order chi connectivity index (χ1) is 57.4. The van der Waals surface area contributed by atoms with Crippen LogP contribution in [-0.2, 0) is 37.2 Å². The van der Waals surface area contributed by atoms with E-state index in [0.29, 0.717) is 67.5 Å². The highest BCUT2D eigenvalue weighted by Gasteiger charge is 2.39. The molecule has 8 nitrogen and oxygen atoms in total. The lowest BCUT2D eigenvalue weighted by molar-refractivity contribution is 0.0390. The second-order valence-electron chi connectivity index (χ2n) is 47.9. The number of ether oxygens (including phenoxy) is 5. The van der Waals surface area contributed by atoms with Crippen LogP contribution < -0.4 is 23.8 Å². The van der Waals surface area contributed by atoms with Crippen LogP contribution in [0.4, 0.5) is 17.1 Å². The second-order valence-corrected chi connectivity index (χ2v) is 47.9. The van der Waals surface area contributed by atoms with E-state index in [4.69, 9.17) is 23.7 Å². The number of anilines is 3. The van der Waals surface area contributed by atoms with Gasteiger partial charge in [0.2, 0.25) is 0 Å². The number of carbonyl (C=O) groups excluding carboxylic acids is 2. The molecule has 8 heteroatoms. The molecule has 0 N–H and O–H groups in total. The molecule has 0 unspecified atom stereocenters. The Morgan fingerprint density at radius 3 is 0.718 bits per heavy atom. The zero-order chi connectivity index (χ0) is 89.9. The zero-order valence-corrected chi connectivity index (χ0v) is 80.1. The Kier molecular flexibility index (Phi) is 21.9. The van der Waals surface area contributed by atoms with Crippen LogP contribution in [0.1, 0.15) is 300 Å². The maximum atomic E-state index is 14.8. The predicted molar refractivity (Wildman–Crippen MR) is 524 cm³/mol. The van der Waals surface area contributed by atoms with Gasteiger partial charge in [-0.2, -0.15) is 0 Å². The number of esters is 2. The molecule has 1 heterocycles. The molecular weight excluding hydrogens is 1520 g/mol. The fraction of sp³-hybridized carbons (Fsp3) is 0.414. The lowest BCUT2D eigenvalue weighted by Crippen LogP contribution is -2.25. The highest BCUT2D eigenvalue weighted by Crippen LogP contribution is 2.59. The van der Waals surface area contributed by atoms with Crippen LogP contribution in [0.3, 0.4) is 0 Å². The number of hydrogen-bond donors (Lipinski definition) is 0. The number of nitrogens with zero attached hydrogens (tertiary/aromatic N) is 1. The quantitative estimate of drug-likeness (QED) is 0.0271. The molecule has 15 rings (SSSR count). The van der Waals surface area contributed by atoms with Crippen molar-refractivity contribution in [3.8, 4) is 46.0 Å². The van der Waals surface area contributed by atoms with E-state index in [-0.39, 0.29) is 76.1 Å². The highest BCUT2D eigenvalue weighted by molar-refractivity contribution is 6.46. The van der Waals surface area contributed by atoms with Crippen LogP contribution in [0.2, 0.25) is 0 Å².